The summed E-state index contributed by atoms with van der Waals surface area (Å²) in [6, 6.07) is 3.43. The summed E-state index contributed by atoms with van der Waals surface area (Å²) in [6.45, 7) is 4.30. The molecule has 5 nitrogen and oxygen atoms in total. The molecule has 2 heterocycles. The van der Waals surface area contributed by atoms with Crippen molar-refractivity contribution in [3.8, 4) is 0 Å². The number of hydrogen-bond acceptors (Lipinski definition) is 5. The van der Waals surface area contributed by atoms with E-state index in [0.717, 1.165) is 5.56 Å². The Morgan fingerprint density at radius 2 is 2.32 bits per heavy atom. The minimum Gasteiger partial charge on any atom is -0.461 e. The van der Waals surface area contributed by atoms with E-state index in [9.17, 15) is 9.59 Å². The fourth-order valence-electron chi connectivity index (χ4n) is 1.57. The van der Waals surface area contributed by atoms with Gasteiger partial charge in [-0.1, -0.05) is 0 Å². The molecule has 0 aliphatic rings. The van der Waals surface area contributed by atoms with Gasteiger partial charge in [-0.05, 0) is 25.5 Å². The zero-order valence-corrected chi connectivity index (χ0v) is 11.6. The van der Waals surface area contributed by atoms with E-state index in [2.05, 4.69) is 4.98 Å². The molecule has 0 atom stereocenters. The molecule has 0 aliphatic carbocycles. The second-order valence-corrected chi connectivity index (χ2v) is 4.96. The van der Waals surface area contributed by atoms with Gasteiger partial charge >= 0.3 is 5.97 Å². The van der Waals surface area contributed by atoms with Gasteiger partial charge in [0.25, 0.3) is 5.56 Å². The Balaban J connectivity index is 2.16. The first-order valence-electron chi connectivity index (χ1n) is 5.88. The number of thiazole rings is 1. The molecule has 2 aromatic heterocycles. The maximum atomic E-state index is 11.7. The summed E-state index contributed by atoms with van der Waals surface area (Å²) in [5.41, 5.74) is 1.14. The molecule has 0 fully saturated rings. The van der Waals surface area contributed by atoms with Crippen LogP contribution in [-0.4, -0.2) is 22.1 Å². The van der Waals surface area contributed by atoms with E-state index in [1.165, 1.54) is 11.3 Å². The Kier molecular flexibility index (Phi) is 4.11. The van der Waals surface area contributed by atoms with Crippen LogP contribution in [0.3, 0.4) is 0 Å². The summed E-state index contributed by atoms with van der Waals surface area (Å²) in [5, 5.41) is 2.35. The molecule has 100 valence electrons. The highest BCUT2D eigenvalue weighted by molar-refractivity contribution is 7.09. The largest absolute Gasteiger partial charge is 0.461 e. The van der Waals surface area contributed by atoms with E-state index < -0.39 is 5.97 Å². The number of pyridine rings is 1. The maximum absolute atomic E-state index is 11.7. The van der Waals surface area contributed by atoms with Crippen LogP contribution in [0, 0.1) is 6.92 Å². The number of carbonyl (C=O) groups excluding carboxylic acids is 1. The van der Waals surface area contributed by atoms with Gasteiger partial charge < -0.3 is 9.30 Å². The van der Waals surface area contributed by atoms with E-state index in [-0.39, 0.29) is 5.56 Å². The van der Waals surface area contributed by atoms with Gasteiger partial charge in [0.2, 0.25) is 0 Å². The smallest absolute Gasteiger partial charge is 0.357 e. The first-order chi connectivity index (χ1) is 9.10. The van der Waals surface area contributed by atoms with Crippen LogP contribution in [0.4, 0.5) is 0 Å². The van der Waals surface area contributed by atoms with Gasteiger partial charge in [0.1, 0.15) is 5.01 Å². The molecule has 0 spiro atoms. The van der Waals surface area contributed by atoms with Gasteiger partial charge in [-0.2, -0.15) is 0 Å². The lowest BCUT2D eigenvalue weighted by atomic mass is 10.3. The van der Waals surface area contributed by atoms with Crippen molar-refractivity contribution in [1.29, 1.82) is 0 Å². The van der Waals surface area contributed by atoms with Crippen molar-refractivity contribution < 1.29 is 9.53 Å². The minimum atomic E-state index is -0.429. The number of aryl methyl sites for hydroxylation is 1. The summed E-state index contributed by atoms with van der Waals surface area (Å²) in [6.07, 6.45) is 1.73. The minimum absolute atomic E-state index is 0.0760. The summed E-state index contributed by atoms with van der Waals surface area (Å²) in [5.74, 6) is -0.429. The third-order valence-corrected chi connectivity index (χ3v) is 3.33. The number of esters is 1. The Labute approximate surface area is 114 Å². The molecule has 0 saturated carbocycles. The Morgan fingerprint density at radius 1 is 1.53 bits per heavy atom. The van der Waals surface area contributed by atoms with Gasteiger partial charge in [-0.25, -0.2) is 9.78 Å². The fraction of sp³-hybridized carbons (Fsp3) is 0.308. The Morgan fingerprint density at radius 3 is 3.00 bits per heavy atom. The maximum Gasteiger partial charge on any atom is 0.357 e. The lowest BCUT2D eigenvalue weighted by Gasteiger charge is -2.02. The van der Waals surface area contributed by atoms with Crippen LogP contribution < -0.4 is 5.56 Å². The van der Waals surface area contributed by atoms with Gasteiger partial charge in [0.15, 0.2) is 5.69 Å². The number of hydrogen-bond donors (Lipinski definition) is 0. The highest BCUT2D eigenvalue weighted by Crippen LogP contribution is 2.11. The topological polar surface area (TPSA) is 61.2 Å². The lowest BCUT2D eigenvalue weighted by molar-refractivity contribution is 0.0520. The molecule has 0 amide bonds. The normalized spacial score (nSPS) is 10.4. The van der Waals surface area contributed by atoms with Crippen molar-refractivity contribution in [3.05, 3.63) is 50.3 Å². The molecule has 0 aliphatic heterocycles. The molecule has 2 rings (SSSR count). The van der Waals surface area contributed by atoms with Gasteiger partial charge in [0.05, 0.1) is 13.2 Å². The van der Waals surface area contributed by atoms with Crippen molar-refractivity contribution >= 4 is 17.3 Å². The van der Waals surface area contributed by atoms with Crippen LogP contribution in [0.2, 0.25) is 0 Å². The molecule has 19 heavy (non-hydrogen) atoms. The summed E-state index contributed by atoms with van der Waals surface area (Å²) < 4.78 is 6.42. The molecule has 6 heteroatoms. The average Bonchev–Trinajstić information content (AvgIpc) is 2.82. The van der Waals surface area contributed by atoms with Crippen LogP contribution in [0.15, 0.2) is 28.5 Å². The first-order valence-corrected chi connectivity index (χ1v) is 6.76. The second kappa shape index (κ2) is 5.79. The van der Waals surface area contributed by atoms with Crippen molar-refractivity contribution in [2.75, 3.05) is 6.61 Å². The molecule has 0 saturated heterocycles. The predicted octanol–water partition coefficient (Wildman–Crippen LogP) is 1.84. The summed E-state index contributed by atoms with van der Waals surface area (Å²) in [4.78, 5) is 27.4. The quantitative estimate of drug-likeness (QED) is 0.801. The second-order valence-electron chi connectivity index (χ2n) is 4.02. The fourth-order valence-corrected chi connectivity index (χ4v) is 2.33. The van der Waals surface area contributed by atoms with Crippen LogP contribution >= 0.6 is 11.3 Å². The third-order valence-electron chi connectivity index (χ3n) is 2.49. The Hall–Kier alpha value is -1.95. The third kappa shape index (κ3) is 3.29. The average molecular weight is 278 g/mol. The van der Waals surface area contributed by atoms with Crippen molar-refractivity contribution in [1.82, 2.24) is 9.55 Å². The zero-order chi connectivity index (χ0) is 13.8. The molecular weight excluding hydrogens is 264 g/mol. The molecular formula is C13H14N2O3S. The number of rotatable bonds is 4. The lowest BCUT2D eigenvalue weighted by Crippen LogP contribution is -2.19. The molecule has 0 radical (unpaired) electrons. The van der Waals surface area contributed by atoms with Crippen LogP contribution in [0.5, 0.6) is 0 Å². The van der Waals surface area contributed by atoms with E-state index in [1.54, 1.807) is 29.1 Å². The highest BCUT2D eigenvalue weighted by Gasteiger charge is 2.11. The van der Waals surface area contributed by atoms with Gasteiger partial charge in [-0.15, -0.1) is 11.3 Å². The standard InChI is InChI=1S/C13H14N2O3S/c1-3-18-13(17)10-8-19-11(14-10)7-15-5-4-9(2)6-12(15)16/h4-6,8H,3,7H2,1-2H3. The van der Waals surface area contributed by atoms with Gasteiger partial charge in [0, 0.05) is 17.6 Å². The molecule has 0 aromatic carbocycles. The molecule has 0 unspecified atom stereocenters. The molecule has 0 N–H and O–H groups in total. The number of ether oxygens (including phenoxy) is 1. The molecule has 0 bridgehead atoms. The predicted molar refractivity (Wildman–Crippen MR) is 72.6 cm³/mol. The van der Waals surface area contributed by atoms with Crippen molar-refractivity contribution in [2.24, 2.45) is 0 Å². The van der Waals surface area contributed by atoms with E-state index >= 15 is 0 Å². The van der Waals surface area contributed by atoms with E-state index in [1.807, 2.05) is 13.0 Å². The van der Waals surface area contributed by atoms with Crippen LogP contribution in [0.25, 0.3) is 0 Å². The number of aromatic nitrogens is 2. The van der Waals surface area contributed by atoms with Crippen molar-refractivity contribution in [3.63, 3.8) is 0 Å². The highest BCUT2D eigenvalue weighted by atomic mass is 32.1. The number of nitrogens with zero attached hydrogens (tertiary/aromatic N) is 2. The van der Waals surface area contributed by atoms with Gasteiger partial charge in [-0.3, -0.25) is 4.79 Å². The monoisotopic (exact) mass is 278 g/mol. The first kappa shape index (κ1) is 13.5. The summed E-state index contributed by atoms with van der Waals surface area (Å²) in [7, 11) is 0. The Bertz CT molecular complexity index is 645. The van der Waals surface area contributed by atoms with Crippen LogP contribution in [0.1, 0.15) is 28.0 Å². The SMILES string of the molecule is CCOC(=O)c1csc(Cn2ccc(C)cc2=O)n1. The van der Waals surface area contributed by atoms with Crippen molar-refractivity contribution in [2.45, 2.75) is 20.4 Å². The van der Waals surface area contributed by atoms with Crippen LogP contribution in [-0.2, 0) is 11.3 Å². The number of carbonyl (C=O) groups is 1. The molecule has 2 aromatic rings. The van der Waals surface area contributed by atoms with E-state index in [4.69, 9.17) is 4.74 Å². The zero-order valence-electron chi connectivity index (χ0n) is 10.8. The van der Waals surface area contributed by atoms with E-state index in [0.29, 0.717) is 23.9 Å². The summed E-state index contributed by atoms with van der Waals surface area (Å²) >= 11 is 1.34.